The molecule has 0 aliphatic rings. The fourth-order valence-corrected chi connectivity index (χ4v) is 2.29. The van der Waals surface area contributed by atoms with Crippen molar-refractivity contribution in [2.75, 3.05) is 11.5 Å². The predicted octanol–water partition coefficient (Wildman–Crippen LogP) is 3.11. The molecule has 4 N–H and O–H groups in total. The molecule has 1 heterocycles. The van der Waals surface area contributed by atoms with Crippen LogP contribution in [0.1, 0.15) is 0 Å². The quantitative estimate of drug-likeness (QED) is 0.712. The number of hydrogen-bond acceptors (Lipinski definition) is 4. The van der Waals surface area contributed by atoms with Gasteiger partial charge in [-0.1, -0.05) is 41.9 Å². The average Bonchev–Trinajstić information content (AvgIpc) is 2.41. The Kier molecular flexibility index (Phi) is 2.72. The zero-order chi connectivity index (χ0) is 13.4. The Labute approximate surface area is 115 Å². The molecule has 3 rings (SSSR count). The van der Waals surface area contributed by atoms with Crippen LogP contribution < -0.4 is 11.5 Å². The Morgan fingerprint density at radius 1 is 0.895 bits per heavy atom. The monoisotopic (exact) mass is 270 g/mol. The van der Waals surface area contributed by atoms with Gasteiger partial charge in [0.2, 0.25) is 5.95 Å². The predicted molar refractivity (Wildman–Crippen MR) is 78.8 cm³/mol. The van der Waals surface area contributed by atoms with Gasteiger partial charge in [-0.05, 0) is 23.3 Å². The molecule has 4 nitrogen and oxygen atoms in total. The Bertz CT molecular complexity index is 756. The van der Waals surface area contributed by atoms with Gasteiger partial charge in [-0.2, -0.15) is 4.98 Å². The number of halogens is 1. The summed E-state index contributed by atoms with van der Waals surface area (Å²) in [6.45, 7) is 0. The van der Waals surface area contributed by atoms with Crippen LogP contribution in [-0.4, -0.2) is 9.97 Å². The standard InChI is InChI=1S/C14H11ClN4/c15-11-7-9(8-4-2-1-3-5-8)6-10-12(11)18-14(17)19-13(10)16/h1-7H,(H4,16,17,18,19). The second kappa shape index (κ2) is 4.40. The zero-order valence-corrected chi connectivity index (χ0v) is 10.7. The molecule has 0 fully saturated rings. The van der Waals surface area contributed by atoms with Crippen molar-refractivity contribution in [3.8, 4) is 11.1 Å². The van der Waals surface area contributed by atoms with E-state index in [1.807, 2.05) is 42.5 Å². The number of aromatic nitrogens is 2. The van der Waals surface area contributed by atoms with Crippen molar-refractivity contribution in [2.24, 2.45) is 0 Å². The van der Waals surface area contributed by atoms with Gasteiger partial charge in [0, 0.05) is 5.39 Å². The molecule has 0 unspecified atom stereocenters. The molecule has 3 aromatic rings. The summed E-state index contributed by atoms with van der Waals surface area (Å²) in [6.07, 6.45) is 0. The van der Waals surface area contributed by atoms with Gasteiger partial charge in [0.1, 0.15) is 5.82 Å². The lowest BCUT2D eigenvalue weighted by Gasteiger charge is -2.08. The average molecular weight is 271 g/mol. The van der Waals surface area contributed by atoms with Gasteiger partial charge in [0.05, 0.1) is 10.5 Å². The first-order chi connectivity index (χ1) is 9.15. The van der Waals surface area contributed by atoms with Gasteiger partial charge in [0.15, 0.2) is 0 Å². The van der Waals surface area contributed by atoms with Crippen LogP contribution in [0.25, 0.3) is 22.0 Å². The Morgan fingerprint density at radius 3 is 2.37 bits per heavy atom. The number of hydrogen-bond donors (Lipinski definition) is 2. The first-order valence-electron chi connectivity index (χ1n) is 5.73. The first-order valence-corrected chi connectivity index (χ1v) is 6.10. The molecular formula is C14H11ClN4. The molecule has 0 atom stereocenters. The number of nitrogen functional groups attached to an aromatic ring is 2. The number of nitrogens with zero attached hydrogens (tertiary/aromatic N) is 2. The largest absolute Gasteiger partial charge is 0.383 e. The van der Waals surface area contributed by atoms with Crippen LogP contribution in [0, 0.1) is 0 Å². The van der Waals surface area contributed by atoms with Crippen LogP contribution in [0.4, 0.5) is 11.8 Å². The van der Waals surface area contributed by atoms with Gasteiger partial charge in [-0.15, -0.1) is 0 Å². The molecule has 0 aliphatic heterocycles. The maximum absolute atomic E-state index is 6.25. The smallest absolute Gasteiger partial charge is 0.222 e. The SMILES string of the molecule is Nc1nc(N)c2cc(-c3ccccc3)cc(Cl)c2n1. The molecule has 2 aromatic carbocycles. The summed E-state index contributed by atoms with van der Waals surface area (Å²) in [5.41, 5.74) is 14.1. The third kappa shape index (κ3) is 2.06. The van der Waals surface area contributed by atoms with E-state index < -0.39 is 0 Å². The minimum atomic E-state index is 0.124. The second-order valence-electron chi connectivity index (χ2n) is 4.19. The van der Waals surface area contributed by atoms with Crippen molar-refractivity contribution in [3.05, 3.63) is 47.5 Å². The van der Waals surface area contributed by atoms with Gasteiger partial charge in [-0.3, -0.25) is 0 Å². The fraction of sp³-hybridized carbons (Fsp3) is 0. The van der Waals surface area contributed by atoms with Crippen LogP contribution in [0.15, 0.2) is 42.5 Å². The number of benzene rings is 2. The van der Waals surface area contributed by atoms with Gasteiger partial charge < -0.3 is 11.5 Å². The highest BCUT2D eigenvalue weighted by Gasteiger charge is 2.10. The topological polar surface area (TPSA) is 77.8 Å². The summed E-state index contributed by atoms with van der Waals surface area (Å²) in [5, 5.41) is 1.22. The van der Waals surface area contributed by atoms with Crippen molar-refractivity contribution in [2.45, 2.75) is 0 Å². The summed E-state index contributed by atoms with van der Waals surface area (Å²) in [4.78, 5) is 8.09. The highest BCUT2D eigenvalue weighted by molar-refractivity contribution is 6.35. The maximum Gasteiger partial charge on any atom is 0.222 e. The minimum absolute atomic E-state index is 0.124. The minimum Gasteiger partial charge on any atom is -0.383 e. The molecule has 0 radical (unpaired) electrons. The van der Waals surface area contributed by atoms with E-state index in [1.54, 1.807) is 0 Å². The van der Waals surface area contributed by atoms with E-state index in [0.717, 1.165) is 11.1 Å². The molecule has 0 amide bonds. The van der Waals surface area contributed by atoms with E-state index in [4.69, 9.17) is 23.1 Å². The van der Waals surface area contributed by atoms with Crippen molar-refractivity contribution < 1.29 is 0 Å². The summed E-state index contributed by atoms with van der Waals surface area (Å²) in [7, 11) is 0. The zero-order valence-electron chi connectivity index (χ0n) is 9.97. The van der Waals surface area contributed by atoms with Crippen LogP contribution in [0.2, 0.25) is 5.02 Å². The van der Waals surface area contributed by atoms with E-state index >= 15 is 0 Å². The second-order valence-corrected chi connectivity index (χ2v) is 4.59. The number of anilines is 2. The summed E-state index contributed by atoms with van der Waals surface area (Å²) >= 11 is 6.25. The van der Waals surface area contributed by atoms with Gasteiger partial charge in [0.25, 0.3) is 0 Å². The van der Waals surface area contributed by atoms with Gasteiger partial charge >= 0.3 is 0 Å². The first kappa shape index (κ1) is 11.7. The van der Waals surface area contributed by atoms with E-state index in [2.05, 4.69) is 9.97 Å². The molecule has 0 aliphatic carbocycles. The molecule has 19 heavy (non-hydrogen) atoms. The fourth-order valence-electron chi connectivity index (χ4n) is 2.03. The van der Waals surface area contributed by atoms with Crippen molar-refractivity contribution >= 4 is 34.3 Å². The van der Waals surface area contributed by atoms with Crippen LogP contribution in [0.5, 0.6) is 0 Å². The molecule has 5 heteroatoms. The van der Waals surface area contributed by atoms with Crippen LogP contribution >= 0.6 is 11.6 Å². The lowest BCUT2D eigenvalue weighted by atomic mass is 10.0. The van der Waals surface area contributed by atoms with Crippen LogP contribution in [0.3, 0.4) is 0 Å². The number of rotatable bonds is 1. The van der Waals surface area contributed by atoms with E-state index in [0.29, 0.717) is 21.7 Å². The highest BCUT2D eigenvalue weighted by Crippen LogP contribution is 2.32. The molecule has 94 valence electrons. The van der Waals surface area contributed by atoms with E-state index in [-0.39, 0.29) is 5.95 Å². The maximum atomic E-state index is 6.25. The van der Waals surface area contributed by atoms with Crippen molar-refractivity contribution in [1.82, 2.24) is 9.97 Å². The molecule has 0 spiro atoms. The van der Waals surface area contributed by atoms with E-state index in [9.17, 15) is 0 Å². The van der Waals surface area contributed by atoms with E-state index in [1.165, 1.54) is 0 Å². The summed E-state index contributed by atoms with van der Waals surface area (Å²) in [5.74, 6) is 0.460. The Morgan fingerprint density at radius 2 is 1.63 bits per heavy atom. The lowest BCUT2D eigenvalue weighted by Crippen LogP contribution is -2.01. The third-order valence-corrected chi connectivity index (χ3v) is 3.20. The molecule has 1 aromatic heterocycles. The highest BCUT2D eigenvalue weighted by atomic mass is 35.5. The normalized spacial score (nSPS) is 10.8. The molecule has 0 saturated heterocycles. The van der Waals surface area contributed by atoms with Crippen LogP contribution in [-0.2, 0) is 0 Å². The number of fused-ring (bicyclic) bond motifs is 1. The van der Waals surface area contributed by atoms with Gasteiger partial charge in [-0.25, -0.2) is 4.98 Å². The summed E-state index contributed by atoms with van der Waals surface area (Å²) in [6, 6.07) is 13.7. The summed E-state index contributed by atoms with van der Waals surface area (Å²) < 4.78 is 0. The Hall–Kier alpha value is -2.33. The molecular weight excluding hydrogens is 260 g/mol. The Balaban J connectivity index is 2.31. The number of nitrogens with two attached hydrogens (primary N) is 2. The third-order valence-electron chi connectivity index (χ3n) is 2.91. The molecule has 0 bridgehead atoms. The molecule has 0 saturated carbocycles. The van der Waals surface area contributed by atoms with Crippen molar-refractivity contribution in [1.29, 1.82) is 0 Å². The lowest BCUT2D eigenvalue weighted by molar-refractivity contribution is 1.25. The van der Waals surface area contributed by atoms with Crippen molar-refractivity contribution in [3.63, 3.8) is 0 Å².